The van der Waals surface area contributed by atoms with Crippen LogP contribution in [0.5, 0.6) is 0 Å². The van der Waals surface area contributed by atoms with Gasteiger partial charge in [0.15, 0.2) is 0 Å². The smallest absolute Gasteiger partial charge is 0.260 e. The Balaban J connectivity index is 1.34. The average Bonchev–Trinajstić information content (AvgIpc) is 3.46. The monoisotopic (exact) mass is 482 g/mol. The zero-order valence-electron chi connectivity index (χ0n) is 19.8. The van der Waals surface area contributed by atoms with Gasteiger partial charge < -0.3 is 19.6 Å². The summed E-state index contributed by atoms with van der Waals surface area (Å²) in [5.74, 6) is 2.26. The van der Waals surface area contributed by atoms with Gasteiger partial charge in [0.2, 0.25) is 5.95 Å². The van der Waals surface area contributed by atoms with Crippen LogP contribution in [0.4, 0.5) is 23.1 Å². The number of benzene rings is 1. The zero-order valence-corrected chi connectivity index (χ0v) is 20.6. The van der Waals surface area contributed by atoms with E-state index in [0.717, 1.165) is 49.8 Å². The Morgan fingerprint density at radius 1 is 1.18 bits per heavy atom. The molecule has 34 heavy (non-hydrogen) atoms. The lowest BCUT2D eigenvalue weighted by Gasteiger charge is -2.35. The molecule has 3 fully saturated rings. The third-order valence-electron chi connectivity index (χ3n) is 7.36. The van der Waals surface area contributed by atoms with Crippen molar-refractivity contribution in [3.8, 4) is 0 Å². The summed E-state index contributed by atoms with van der Waals surface area (Å²) in [6.45, 7) is 6.26. The first-order valence-electron chi connectivity index (χ1n) is 12.3. The van der Waals surface area contributed by atoms with E-state index in [1.54, 1.807) is 6.20 Å². The van der Waals surface area contributed by atoms with E-state index in [2.05, 4.69) is 36.7 Å². The Morgan fingerprint density at radius 3 is 2.71 bits per heavy atom. The largest absolute Gasteiger partial charge is 0.395 e. The van der Waals surface area contributed by atoms with Crippen LogP contribution in [0.2, 0.25) is 0 Å². The molecule has 8 nitrogen and oxygen atoms in total. The van der Waals surface area contributed by atoms with Crippen molar-refractivity contribution in [2.24, 2.45) is 11.3 Å². The Labute approximate surface area is 205 Å². The molecule has 3 aliphatic rings. The van der Waals surface area contributed by atoms with Crippen LogP contribution in [0.1, 0.15) is 49.4 Å². The van der Waals surface area contributed by atoms with Crippen LogP contribution in [0, 0.1) is 11.3 Å². The predicted octanol–water partition coefficient (Wildman–Crippen LogP) is 4.01. The number of nitrogens with zero attached hydrogens (tertiary/aromatic N) is 4. The zero-order chi connectivity index (χ0) is 23.5. The number of aliphatic hydroxyl groups excluding tert-OH is 1. The molecule has 0 bridgehead atoms. The van der Waals surface area contributed by atoms with Gasteiger partial charge in [0.25, 0.3) is 5.91 Å². The normalized spacial score (nSPS) is 21.1. The fraction of sp³-hybridized carbons (Fsp3) is 0.560. The van der Waals surface area contributed by atoms with Gasteiger partial charge in [-0.3, -0.25) is 10.1 Å². The Hall–Kier alpha value is -2.52. The van der Waals surface area contributed by atoms with Gasteiger partial charge in [-0.05, 0) is 67.7 Å². The molecule has 1 amide bonds. The van der Waals surface area contributed by atoms with Gasteiger partial charge in [0.1, 0.15) is 5.82 Å². The maximum Gasteiger partial charge on any atom is 0.260 e. The van der Waals surface area contributed by atoms with Crippen LogP contribution in [-0.2, 0) is 0 Å². The quantitative estimate of drug-likeness (QED) is 0.384. The van der Waals surface area contributed by atoms with Crippen molar-refractivity contribution in [2.45, 2.75) is 39.0 Å². The number of aromatic nitrogens is 2. The fourth-order valence-electron chi connectivity index (χ4n) is 5.03. The van der Waals surface area contributed by atoms with Gasteiger partial charge in [-0.15, -0.1) is 0 Å². The van der Waals surface area contributed by atoms with E-state index < -0.39 is 0 Å². The molecule has 1 spiro atoms. The molecule has 3 N–H and O–H groups in total. The highest BCUT2D eigenvalue weighted by atomic mass is 32.2. The number of rotatable bonds is 8. The van der Waals surface area contributed by atoms with Crippen molar-refractivity contribution >= 4 is 41.0 Å². The van der Waals surface area contributed by atoms with Gasteiger partial charge >= 0.3 is 0 Å². The molecule has 2 aliphatic heterocycles. The SMILES string of the molecule is CC1CCN(c2ccnc(NC(=O)c3ccc(NSCCO)cc3N3CCC4(CC3)CC4)n2)C1. The molecule has 2 aromatic rings. The van der Waals surface area contributed by atoms with E-state index in [9.17, 15) is 4.79 Å². The van der Waals surface area contributed by atoms with E-state index in [-0.39, 0.29) is 12.5 Å². The number of carbonyl (C=O) groups is 1. The van der Waals surface area contributed by atoms with Gasteiger partial charge in [-0.1, -0.05) is 18.9 Å². The minimum atomic E-state index is -0.191. The molecule has 1 saturated carbocycles. The van der Waals surface area contributed by atoms with Crippen LogP contribution in [0.15, 0.2) is 30.5 Å². The topological polar surface area (TPSA) is 93.6 Å². The van der Waals surface area contributed by atoms with Crippen LogP contribution in [-0.4, -0.2) is 59.5 Å². The van der Waals surface area contributed by atoms with E-state index in [1.165, 1.54) is 37.6 Å². The van der Waals surface area contributed by atoms with Crippen LogP contribution in [0.3, 0.4) is 0 Å². The third-order valence-corrected chi connectivity index (χ3v) is 8.13. The molecule has 1 unspecified atom stereocenters. The maximum absolute atomic E-state index is 13.4. The summed E-state index contributed by atoms with van der Waals surface area (Å²) in [7, 11) is 0. The van der Waals surface area contributed by atoms with E-state index >= 15 is 0 Å². The first-order chi connectivity index (χ1) is 16.5. The predicted molar refractivity (Wildman–Crippen MR) is 139 cm³/mol. The van der Waals surface area contributed by atoms with Crippen molar-refractivity contribution in [3.05, 3.63) is 36.0 Å². The summed E-state index contributed by atoms with van der Waals surface area (Å²) in [6.07, 6.45) is 7.93. The standard InChI is InChI=1S/C25H34N6O2S/c1-18-5-11-31(17-18)22-4-10-26-24(27-22)28-23(33)20-3-2-19(29-34-15-14-32)16-21(20)30-12-8-25(6-7-25)9-13-30/h2-4,10,16,18,29,32H,5-9,11-15,17H2,1H3,(H,26,27,28,33). The lowest BCUT2D eigenvalue weighted by atomic mass is 9.93. The lowest BCUT2D eigenvalue weighted by Crippen LogP contribution is -2.35. The molecule has 1 aromatic carbocycles. The van der Waals surface area contributed by atoms with Crippen molar-refractivity contribution < 1.29 is 9.90 Å². The molecular weight excluding hydrogens is 448 g/mol. The first kappa shape index (κ1) is 23.2. The van der Waals surface area contributed by atoms with Crippen molar-refractivity contribution in [1.29, 1.82) is 0 Å². The van der Waals surface area contributed by atoms with Gasteiger partial charge in [-0.2, -0.15) is 4.98 Å². The molecule has 1 aromatic heterocycles. The van der Waals surface area contributed by atoms with E-state index in [0.29, 0.717) is 28.6 Å². The summed E-state index contributed by atoms with van der Waals surface area (Å²) in [5.41, 5.74) is 3.06. The number of aliphatic hydroxyl groups is 1. The second-order valence-corrected chi connectivity index (χ2v) is 10.8. The Kier molecular flexibility index (Phi) is 6.83. The molecule has 9 heteroatoms. The van der Waals surface area contributed by atoms with Gasteiger partial charge in [0, 0.05) is 43.8 Å². The van der Waals surface area contributed by atoms with E-state index in [1.807, 2.05) is 24.3 Å². The van der Waals surface area contributed by atoms with Crippen LogP contribution >= 0.6 is 11.9 Å². The van der Waals surface area contributed by atoms with E-state index in [4.69, 9.17) is 5.11 Å². The number of hydrogen-bond donors (Lipinski definition) is 3. The summed E-state index contributed by atoms with van der Waals surface area (Å²) in [4.78, 5) is 26.9. The van der Waals surface area contributed by atoms with Gasteiger partial charge in [0.05, 0.1) is 17.9 Å². The number of amides is 1. The van der Waals surface area contributed by atoms with Crippen molar-refractivity contribution in [2.75, 3.05) is 58.4 Å². The number of nitrogens with one attached hydrogen (secondary N) is 2. The molecule has 1 aliphatic carbocycles. The van der Waals surface area contributed by atoms with Gasteiger partial charge in [-0.25, -0.2) is 4.98 Å². The summed E-state index contributed by atoms with van der Waals surface area (Å²) < 4.78 is 3.28. The van der Waals surface area contributed by atoms with Crippen molar-refractivity contribution in [1.82, 2.24) is 9.97 Å². The average molecular weight is 483 g/mol. The second-order valence-electron chi connectivity index (χ2n) is 9.93. The molecule has 182 valence electrons. The summed E-state index contributed by atoms with van der Waals surface area (Å²) in [5, 5.41) is 12.0. The molecule has 5 rings (SSSR count). The molecule has 3 heterocycles. The molecule has 2 saturated heterocycles. The Bertz CT molecular complexity index is 1020. The maximum atomic E-state index is 13.4. The highest BCUT2D eigenvalue weighted by molar-refractivity contribution is 8.00. The highest BCUT2D eigenvalue weighted by Crippen LogP contribution is 2.54. The number of carbonyl (C=O) groups excluding carboxylic acids is 1. The van der Waals surface area contributed by atoms with Crippen molar-refractivity contribution in [3.63, 3.8) is 0 Å². The summed E-state index contributed by atoms with van der Waals surface area (Å²) in [6, 6.07) is 7.75. The second kappa shape index (κ2) is 10.00. The third kappa shape index (κ3) is 5.25. The number of anilines is 4. The first-order valence-corrected chi connectivity index (χ1v) is 13.3. The summed E-state index contributed by atoms with van der Waals surface area (Å²) >= 11 is 1.46. The molecular formula is C25H34N6O2S. The van der Waals surface area contributed by atoms with Crippen LogP contribution < -0.4 is 19.8 Å². The minimum Gasteiger partial charge on any atom is -0.395 e. The Morgan fingerprint density at radius 2 is 2.00 bits per heavy atom. The molecule has 1 atom stereocenters. The number of piperidine rings is 1. The minimum absolute atomic E-state index is 0.120. The number of hydrogen-bond acceptors (Lipinski definition) is 8. The highest BCUT2D eigenvalue weighted by Gasteiger charge is 2.44. The molecule has 0 radical (unpaired) electrons. The fourth-order valence-corrected chi connectivity index (χ4v) is 5.51. The van der Waals surface area contributed by atoms with Crippen LogP contribution in [0.25, 0.3) is 0 Å². The lowest BCUT2D eigenvalue weighted by molar-refractivity contribution is 0.102.